The highest BCUT2D eigenvalue weighted by Crippen LogP contribution is 2.48. The van der Waals surface area contributed by atoms with Gasteiger partial charge in [-0.3, -0.25) is 14.6 Å². The van der Waals surface area contributed by atoms with Gasteiger partial charge < -0.3 is 5.11 Å². The number of piperidine rings is 1. The summed E-state index contributed by atoms with van der Waals surface area (Å²) in [6, 6.07) is 15.8. The molecule has 2 atom stereocenters. The summed E-state index contributed by atoms with van der Waals surface area (Å²) in [5.74, 6) is -0.0558. The first-order valence-corrected chi connectivity index (χ1v) is 13.5. The Morgan fingerprint density at radius 1 is 1.06 bits per heavy atom. The minimum atomic E-state index is -3.39. The first-order valence-electron chi connectivity index (χ1n) is 10.9. The van der Waals surface area contributed by atoms with Gasteiger partial charge >= 0.3 is 0 Å². The van der Waals surface area contributed by atoms with Crippen LogP contribution in [0.3, 0.4) is 0 Å². The molecule has 170 valence electrons. The van der Waals surface area contributed by atoms with E-state index in [1.54, 1.807) is 16.7 Å². The second-order valence-electron chi connectivity index (χ2n) is 8.81. The molecule has 0 aromatic heterocycles. The molecule has 32 heavy (non-hydrogen) atoms. The second-order valence-corrected chi connectivity index (χ2v) is 11.8. The van der Waals surface area contributed by atoms with Gasteiger partial charge in [0.25, 0.3) is 0 Å². The monoisotopic (exact) mass is 473 g/mol. The van der Waals surface area contributed by atoms with E-state index in [4.69, 9.17) is 0 Å². The number of carbonyl (C=O) groups excluding carboxylic acids is 1. The van der Waals surface area contributed by atoms with Crippen LogP contribution in [0.25, 0.3) is 0 Å². The van der Waals surface area contributed by atoms with Crippen molar-refractivity contribution in [2.45, 2.75) is 40.7 Å². The fourth-order valence-corrected chi connectivity index (χ4v) is 7.84. The first-order chi connectivity index (χ1) is 15.3. The highest BCUT2D eigenvalue weighted by atomic mass is 32.2. The zero-order chi connectivity index (χ0) is 22.5. The van der Waals surface area contributed by atoms with Gasteiger partial charge in [-0.15, -0.1) is 0 Å². The molecule has 0 aliphatic carbocycles. The van der Waals surface area contributed by atoms with Crippen LogP contribution < -0.4 is 4.90 Å². The minimum Gasteiger partial charge on any atom is -0.390 e. The van der Waals surface area contributed by atoms with Gasteiger partial charge in [0.2, 0.25) is 15.9 Å². The number of benzene rings is 2. The van der Waals surface area contributed by atoms with E-state index >= 15 is 0 Å². The smallest absolute Gasteiger partial charge is 0.245 e. The van der Waals surface area contributed by atoms with E-state index in [0.717, 1.165) is 27.6 Å². The number of hydrogen-bond acceptors (Lipinski definition) is 6. The molecule has 3 aliphatic rings. The number of sulfonamides is 1. The molecule has 1 amide bonds. The highest BCUT2D eigenvalue weighted by Gasteiger charge is 2.52. The summed E-state index contributed by atoms with van der Waals surface area (Å²) in [7, 11) is -3.39. The van der Waals surface area contributed by atoms with Gasteiger partial charge in [-0.05, 0) is 43.5 Å². The number of aliphatic hydroxyl groups excluding tert-OH is 1. The van der Waals surface area contributed by atoms with Crippen molar-refractivity contribution >= 4 is 39.1 Å². The van der Waals surface area contributed by atoms with E-state index in [-0.39, 0.29) is 19.0 Å². The van der Waals surface area contributed by atoms with Gasteiger partial charge in [0.1, 0.15) is 0 Å². The fraction of sp³-hybridized carbons (Fsp3) is 0.435. The third-order valence-electron chi connectivity index (χ3n) is 6.82. The standard InChI is InChI=1S/C23H27N3O4S2/c1-32(29,30)25-13-6-11-23(25)12-14-24(15-21(23)27)16-22(28)26-17-7-2-4-9-19(17)31-20-10-5-3-8-18(20)26/h2-5,7-10,21,27H,6,11-16H2,1H3/t21-,23-/m0/s1. The predicted molar refractivity (Wildman–Crippen MR) is 125 cm³/mol. The third kappa shape index (κ3) is 3.66. The third-order valence-corrected chi connectivity index (χ3v) is 9.30. The molecule has 2 fully saturated rings. The number of nitrogens with zero attached hydrogens (tertiary/aromatic N) is 3. The fourth-order valence-electron chi connectivity index (χ4n) is 5.36. The maximum Gasteiger partial charge on any atom is 0.245 e. The van der Waals surface area contributed by atoms with Crippen LogP contribution in [0.2, 0.25) is 0 Å². The molecule has 1 spiro atoms. The number of para-hydroxylation sites is 2. The van der Waals surface area contributed by atoms with Gasteiger partial charge in [0, 0.05) is 29.4 Å². The number of β-amino-alcohol motifs (C(OH)–C–C–N with tert-alkyl or cyclic N) is 1. The van der Waals surface area contributed by atoms with Crippen molar-refractivity contribution in [3.63, 3.8) is 0 Å². The van der Waals surface area contributed by atoms with Crippen LogP contribution >= 0.6 is 11.8 Å². The van der Waals surface area contributed by atoms with E-state index in [1.165, 1.54) is 10.6 Å². The van der Waals surface area contributed by atoms with Crippen LogP contribution in [0.4, 0.5) is 11.4 Å². The summed E-state index contributed by atoms with van der Waals surface area (Å²) in [4.78, 5) is 19.3. The lowest BCUT2D eigenvalue weighted by molar-refractivity contribution is -0.121. The maximum absolute atomic E-state index is 13.5. The van der Waals surface area contributed by atoms with Crippen molar-refractivity contribution in [1.82, 2.24) is 9.21 Å². The van der Waals surface area contributed by atoms with Crippen molar-refractivity contribution in [1.29, 1.82) is 0 Å². The van der Waals surface area contributed by atoms with Gasteiger partial charge in [0.05, 0.1) is 35.8 Å². The highest BCUT2D eigenvalue weighted by molar-refractivity contribution is 7.99. The van der Waals surface area contributed by atoms with Gasteiger partial charge in [-0.25, -0.2) is 8.42 Å². The SMILES string of the molecule is CS(=O)(=O)N1CCC[C@@]12CCN(CC(=O)N1c3ccccc3Sc3ccccc31)C[C@@H]2O. The topological polar surface area (TPSA) is 81.2 Å². The predicted octanol–water partition coefficient (Wildman–Crippen LogP) is 2.68. The number of rotatable bonds is 3. The molecule has 0 unspecified atom stereocenters. The number of hydrogen-bond donors (Lipinski definition) is 1. The molecule has 5 rings (SSSR count). The van der Waals surface area contributed by atoms with Crippen LogP contribution in [-0.4, -0.2) is 72.7 Å². The molecule has 9 heteroatoms. The van der Waals surface area contributed by atoms with E-state index in [2.05, 4.69) is 0 Å². The Bertz CT molecular complexity index is 1110. The molecular weight excluding hydrogens is 446 g/mol. The Balaban J connectivity index is 1.36. The zero-order valence-corrected chi connectivity index (χ0v) is 19.6. The van der Waals surface area contributed by atoms with Crippen LogP contribution in [-0.2, 0) is 14.8 Å². The van der Waals surface area contributed by atoms with Crippen molar-refractivity contribution in [2.24, 2.45) is 0 Å². The Morgan fingerprint density at radius 2 is 1.69 bits per heavy atom. The van der Waals surface area contributed by atoms with Crippen molar-refractivity contribution in [2.75, 3.05) is 37.3 Å². The van der Waals surface area contributed by atoms with Gasteiger partial charge in [0.15, 0.2) is 0 Å². The minimum absolute atomic E-state index is 0.0558. The Hall–Kier alpha value is -1.91. The van der Waals surface area contributed by atoms with Gasteiger partial charge in [-0.2, -0.15) is 4.31 Å². The average Bonchev–Trinajstić information content (AvgIpc) is 3.20. The molecule has 3 aliphatic heterocycles. The van der Waals surface area contributed by atoms with Crippen molar-refractivity contribution in [3.05, 3.63) is 48.5 Å². The maximum atomic E-state index is 13.5. The molecule has 0 saturated carbocycles. The largest absolute Gasteiger partial charge is 0.390 e. The first kappa shape index (κ1) is 21.9. The summed E-state index contributed by atoms with van der Waals surface area (Å²) in [5.41, 5.74) is 0.997. The van der Waals surface area contributed by atoms with Crippen molar-refractivity contribution in [3.8, 4) is 0 Å². The average molecular weight is 474 g/mol. The lowest BCUT2D eigenvalue weighted by Crippen LogP contribution is -2.63. The van der Waals surface area contributed by atoms with E-state index in [1.807, 2.05) is 53.4 Å². The molecule has 3 heterocycles. The molecule has 1 N–H and O–H groups in total. The lowest BCUT2D eigenvalue weighted by Gasteiger charge is -2.47. The quantitative estimate of drug-likeness (QED) is 0.738. The normalized spacial score (nSPS) is 26.2. The Labute approximate surface area is 193 Å². The summed E-state index contributed by atoms with van der Waals surface area (Å²) in [5, 5.41) is 11.0. The van der Waals surface area contributed by atoms with Crippen LogP contribution in [0.1, 0.15) is 19.3 Å². The Morgan fingerprint density at radius 3 is 2.28 bits per heavy atom. The molecular formula is C23H27N3O4S2. The molecule has 7 nitrogen and oxygen atoms in total. The molecule has 2 saturated heterocycles. The molecule has 0 radical (unpaired) electrons. The summed E-state index contributed by atoms with van der Waals surface area (Å²) < 4.78 is 26.1. The number of likely N-dealkylation sites (tertiary alicyclic amines) is 1. The van der Waals surface area contributed by atoms with E-state index in [0.29, 0.717) is 25.9 Å². The number of anilines is 2. The van der Waals surface area contributed by atoms with E-state index < -0.39 is 21.7 Å². The van der Waals surface area contributed by atoms with E-state index in [9.17, 15) is 18.3 Å². The summed E-state index contributed by atoms with van der Waals surface area (Å²) in [6.45, 7) is 1.47. The molecule has 2 aromatic rings. The summed E-state index contributed by atoms with van der Waals surface area (Å²) in [6.07, 6.45) is 2.33. The van der Waals surface area contributed by atoms with Crippen LogP contribution in [0, 0.1) is 0 Å². The second kappa shape index (κ2) is 8.14. The number of aliphatic hydroxyl groups is 1. The summed E-state index contributed by atoms with van der Waals surface area (Å²) >= 11 is 1.66. The van der Waals surface area contributed by atoms with Crippen LogP contribution in [0.5, 0.6) is 0 Å². The number of carbonyl (C=O) groups is 1. The number of fused-ring (bicyclic) bond motifs is 2. The Kier molecular flexibility index (Phi) is 5.58. The zero-order valence-electron chi connectivity index (χ0n) is 18.0. The van der Waals surface area contributed by atoms with Gasteiger partial charge in [-0.1, -0.05) is 36.0 Å². The number of amides is 1. The van der Waals surface area contributed by atoms with Crippen molar-refractivity contribution < 1.29 is 18.3 Å². The molecule has 0 bridgehead atoms. The lowest BCUT2D eigenvalue weighted by atomic mass is 9.83. The van der Waals surface area contributed by atoms with Crippen LogP contribution in [0.15, 0.2) is 58.3 Å². The molecule has 2 aromatic carbocycles.